The predicted molar refractivity (Wildman–Crippen MR) is 96.8 cm³/mol. The van der Waals surface area contributed by atoms with Crippen LogP contribution in [0.1, 0.15) is 30.9 Å². The summed E-state index contributed by atoms with van der Waals surface area (Å²) in [6, 6.07) is 16.4. The van der Waals surface area contributed by atoms with Gasteiger partial charge in [0.15, 0.2) is 0 Å². The highest BCUT2D eigenvalue weighted by atomic mass is 16.5. The first-order chi connectivity index (χ1) is 11.9. The molecule has 0 heterocycles. The average molecular weight is 342 g/mol. The molecule has 2 N–H and O–H groups in total. The lowest BCUT2D eigenvalue weighted by Gasteiger charge is -2.04. The summed E-state index contributed by atoms with van der Waals surface area (Å²) in [5.41, 5.74) is 1.69. The van der Waals surface area contributed by atoms with Gasteiger partial charge in [0.2, 0.25) is 0 Å². The van der Waals surface area contributed by atoms with Crippen LogP contribution in [0.3, 0.4) is 0 Å². The van der Waals surface area contributed by atoms with Crippen LogP contribution in [-0.2, 0) is 9.59 Å². The fraction of sp³-hybridized carbons (Fsp3) is 0.200. The van der Waals surface area contributed by atoms with Gasteiger partial charge in [-0.1, -0.05) is 42.5 Å². The van der Waals surface area contributed by atoms with Crippen molar-refractivity contribution in [3.8, 4) is 5.75 Å². The monoisotopic (exact) mass is 342 g/mol. The molecule has 2 aromatic carbocycles. The minimum Gasteiger partial charge on any atom is -0.494 e. The largest absolute Gasteiger partial charge is 0.494 e. The fourth-order valence-corrected chi connectivity index (χ4v) is 1.89. The molecule has 0 aliphatic rings. The Bertz CT molecular complexity index is 690. The maximum atomic E-state index is 10.5. The molecule has 2 aromatic rings. The van der Waals surface area contributed by atoms with Crippen LogP contribution >= 0.6 is 0 Å². The van der Waals surface area contributed by atoms with Crippen molar-refractivity contribution in [2.45, 2.75) is 19.8 Å². The molecule has 0 bridgehead atoms. The van der Waals surface area contributed by atoms with Crippen molar-refractivity contribution >= 4 is 18.0 Å². The smallest absolute Gasteiger partial charge is 0.328 e. The Labute approximate surface area is 147 Å². The quantitative estimate of drug-likeness (QED) is 0.774. The van der Waals surface area contributed by atoms with E-state index in [0.717, 1.165) is 23.0 Å². The maximum Gasteiger partial charge on any atom is 0.328 e. The Morgan fingerprint density at radius 1 is 1.04 bits per heavy atom. The highest BCUT2D eigenvalue weighted by molar-refractivity contribution is 5.85. The Kier molecular flexibility index (Phi) is 8.50. The summed E-state index contributed by atoms with van der Waals surface area (Å²) in [6.07, 6.45) is 2.65. The molecule has 0 fully saturated rings. The van der Waals surface area contributed by atoms with E-state index in [9.17, 15) is 9.59 Å². The third-order valence-electron chi connectivity index (χ3n) is 3.28. The van der Waals surface area contributed by atoms with E-state index in [4.69, 9.17) is 14.9 Å². The van der Waals surface area contributed by atoms with Crippen LogP contribution in [0.5, 0.6) is 5.75 Å². The van der Waals surface area contributed by atoms with Gasteiger partial charge in [0.05, 0.1) is 12.5 Å². The van der Waals surface area contributed by atoms with Gasteiger partial charge < -0.3 is 14.9 Å². The molecule has 0 aromatic heterocycles. The van der Waals surface area contributed by atoms with Gasteiger partial charge in [-0.15, -0.1) is 0 Å². The van der Waals surface area contributed by atoms with Gasteiger partial charge in [-0.05, 0) is 43.2 Å². The molecular weight excluding hydrogens is 320 g/mol. The van der Waals surface area contributed by atoms with Crippen LogP contribution in [0.15, 0.2) is 60.7 Å². The number of carboxylic acids is 2. The molecule has 0 saturated carbocycles. The van der Waals surface area contributed by atoms with Gasteiger partial charge in [-0.25, -0.2) is 4.79 Å². The Morgan fingerprint density at radius 3 is 2.12 bits per heavy atom. The second-order valence-electron chi connectivity index (χ2n) is 5.14. The summed E-state index contributed by atoms with van der Waals surface area (Å²) in [7, 11) is 0. The van der Waals surface area contributed by atoms with E-state index in [2.05, 4.69) is 0 Å². The number of carbonyl (C=O) groups is 2. The van der Waals surface area contributed by atoms with Gasteiger partial charge in [0.25, 0.3) is 0 Å². The molecule has 5 heteroatoms. The predicted octanol–water partition coefficient (Wildman–Crippen LogP) is 4.06. The van der Waals surface area contributed by atoms with Crippen LogP contribution in [0.4, 0.5) is 0 Å². The molecule has 0 aliphatic carbocycles. The van der Waals surface area contributed by atoms with E-state index < -0.39 is 17.9 Å². The summed E-state index contributed by atoms with van der Waals surface area (Å²) >= 11 is 0. The molecule has 5 nitrogen and oxygen atoms in total. The summed E-state index contributed by atoms with van der Waals surface area (Å²) in [4.78, 5) is 20.7. The Morgan fingerprint density at radius 2 is 1.64 bits per heavy atom. The third kappa shape index (κ3) is 7.83. The van der Waals surface area contributed by atoms with Crippen molar-refractivity contribution in [1.82, 2.24) is 0 Å². The molecule has 25 heavy (non-hydrogen) atoms. The summed E-state index contributed by atoms with van der Waals surface area (Å²) in [5, 5.41) is 17.0. The standard InChI is InChI=1S/C11H12O3.C9H10O2/c1-2-14-10-6-3-9(4-7-10)5-8-11(12)13;1-7(9(10)11)8-5-3-2-4-6-8/h3-8H,2H2,1H3,(H,12,13);2-7H,1H3,(H,10,11)/b8-5+;. The van der Waals surface area contributed by atoms with Crippen molar-refractivity contribution in [2.75, 3.05) is 6.61 Å². The molecule has 0 aliphatic heterocycles. The van der Waals surface area contributed by atoms with Crippen molar-refractivity contribution in [1.29, 1.82) is 0 Å². The summed E-state index contributed by atoms with van der Waals surface area (Å²) < 4.78 is 5.25. The van der Waals surface area contributed by atoms with Crippen molar-refractivity contribution in [3.05, 3.63) is 71.8 Å². The first kappa shape index (κ1) is 20.0. The molecule has 0 saturated heterocycles. The number of carboxylic acid groups (broad SMARTS) is 2. The molecule has 0 amide bonds. The molecule has 132 valence electrons. The first-order valence-electron chi connectivity index (χ1n) is 7.85. The minimum atomic E-state index is -0.945. The van der Waals surface area contributed by atoms with Gasteiger partial charge in [0.1, 0.15) is 5.75 Å². The number of ether oxygens (including phenoxy) is 1. The zero-order chi connectivity index (χ0) is 18.7. The number of rotatable bonds is 6. The zero-order valence-electron chi connectivity index (χ0n) is 14.3. The molecule has 1 unspecified atom stereocenters. The van der Waals surface area contributed by atoms with Crippen molar-refractivity contribution in [2.24, 2.45) is 0 Å². The number of hydrogen-bond acceptors (Lipinski definition) is 3. The highest BCUT2D eigenvalue weighted by Gasteiger charge is 2.11. The summed E-state index contributed by atoms with van der Waals surface area (Å²) in [5.74, 6) is -1.34. The third-order valence-corrected chi connectivity index (χ3v) is 3.28. The maximum absolute atomic E-state index is 10.5. The van der Waals surface area contributed by atoms with Gasteiger partial charge in [0, 0.05) is 6.08 Å². The van der Waals surface area contributed by atoms with E-state index in [1.54, 1.807) is 6.92 Å². The molecule has 0 radical (unpaired) electrons. The number of aliphatic carboxylic acids is 2. The lowest BCUT2D eigenvalue weighted by atomic mass is 10.0. The lowest BCUT2D eigenvalue weighted by molar-refractivity contribution is -0.138. The average Bonchev–Trinajstić information content (AvgIpc) is 2.62. The van der Waals surface area contributed by atoms with Crippen LogP contribution in [-0.4, -0.2) is 28.8 Å². The number of hydrogen-bond donors (Lipinski definition) is 2. The summed E-state index contributed by atoms with van der Waals surface area (Å²) in [6.45, 7) is 4.22. The molecule has 0 spiro atoms. The van der Waals surface area contributed by atoms with Crippen LogP contribution in [0.2, 0.25) is 0 Å². The Balaban J connectivity index is 0.000000257. The topological polar surface area (TPSA) is 83.8 Å². The van der Waals surface area contributed by atoms with E-state index in [0.29, 0.717) is 6.61 Å². The van der Waals surface area contributed by atoms with E-state index >= 15 is 0 Å². The molecule has 2 rings (SSSR count). The van der Waals surface area contributed by atoms with Crippen LogP contribution in [0.25, 0.3) is 6.08 Å². The second kappa shape index (κ2) is 10.6. The van der Waals surface area contributed by atoms with Crippen LogP contribution in [0, 0.1) is 0 Å². The van der Waals surface area contributed by atoms with E-state index in [1.807, 2.05) is 61.5 Å². The second-order valence-corrected chi connectivity index (χ2v) is 5.14. The highest BCUT2D eigenvalue weighted by Crippen LogP contribution is 2.14. The Hall–Kier alpha value is -3.08. The number of benzene rings is 2. The lowest BCUT2D eigenvalue weighted by Crippen LogP contribution is -2.06. The first-order valence-corrected chi connectivity index (χ1v) is 7.85. The van der Waals surface area contributed by atoms with Crippen molar-refractivity contribution in [3.63, 3.8) is 0 Å². The SMILES string of the molecule is CC(C(=O)O)c1ccccc1.CCOc1ccc(/C=C/C(=O)O)cc1. The molecular formula is C20H22O5. The van der Waals surface area contributed by atoms with Gasteiger partial charge in [-0.2, -0.15) is 0 Å². The fourth-order valence-electron chi connectivity index (χ4n) is 1.89. The molecule has 1 atom stereocenters. The zero-order valence-corrected chi connectivity index (χ0v) is 14.3. The van der Waals surface area contributed by atoms with E-state index in [-0.39, 0.29) is 0 Å². The van der Waals surface area contributed by atoms with Gasteiger partial charge >= 0.3 is 11.9 Å². The van der Waals surface area contributed by atoms with Gasteiger partial charge in [-0.3, -0.25) is 4.79 Å². The minimum absolute atomic E-state index is 0.406. The van der Waals surface area contributed by atoms with E-state index in [1.165, 1.54) is 6.08 Å². The normalized spacial score (nSPS) is 11.3. The van der Waals surface area contributed by atoms with Crippen LogP contribution < -0.4 is 4.74 Å². The van der Waals surface area contributed by atoms with Crippen molar-refractivity contribution < 1.29 is 24.5 Å².